The lowest BCUT2D eigenvalue weighted by molar-refractivity contribution is -0.00770. The maximum Gasteiger partial charge on any atom is 0.240 e. The summed E-state index contributed by atoms with van der Waals surface area (Å²) in [5.41, 5.74) is 0. The van der Waals surface area contributed by atoms with Crippen molar-refractivity contribution < 1.29 is 8.42 Å². The van der Waals surface area contributed by atoms with Crippen molar-refractivity contribution in [2.45, 2.75) is 36.6 Å². The fourth-order valence-electron chi connectivity index (χ4n) is 4.85. The third-order valence-electron chi connectivity index (χ3n) is 6.27. The fraction of sp³-hybridized carbons (Fsp3) is 0.684. The molecule has 4 heterocycles. The second-order valence-corrected chi connectivity index (χ2v) is 9.63. The van der Waals surface area contributed by atoms with Gasteiger partial charge in [-0.2, -0.15) is 0 Å². The number of piperidine rings is 3. The molecule has 0 radical (unpaired) electrons. The van der Waals surface area contributed by atoms with Crippen LogP contribution in [0.4, 0.5) is 0 Å². The van der Waals surface area contributed by atoms with Gasteiger partial charge in [-0.3, -0.25) is 4.90 Å². The molecule has 4 saturated heterocycles. The van der Waals surface area contributed by atoms with E-state index in [0.717, 1.165) is 31.3 Å². The lowest BCUT2D eigenvalue weighted by Crippen LogP contribution is -2.58. The van der Waals surface area contributed by atoms with Crippen LogP contribution in [0.5, 0.6) is 0 Å². The minimum atomic E-state index is -3.39. The van der Waals surface area contributed by atoms with Crippen LogP contribution in [0.2, 0.25) is 0 Å². The fourth-order valence-corrected chi connectivity index (χ4v) is 5.95. The van der Waals surface area contributed by atoms with Crippen LogP contribution in [-0.2, 0) is 10.0 Å². The van der Waals surface area contributed by atoms with E-state index in [4.69, 9.17) is 0 Å². The second kappa shape index (κ2) is 7.35. The van der Waals surface area contributed by atoms with E-state index in [1.165, 1.54) is 38.9 Å². The highest BCUT2D eigenvalue weighted by Crippen LogP contribution is 2.37. The summed E-state index contributed by atoms with van der Waals surface area (Å²) >= 11 is 0. The molecule has 25 heavy (non-hydrogen) atoms. The van der Waals surface area contributed by atoms with Gasteiger partial charge in [0, 0.05) is 25.7 Å². The average Bonchev–Trinajstić information content (AvgIpc) is 3.15. The van der Waals surface area contributed by atoms with Crippen LogP contribution in [0.25, 0.3) is 0 Å². The maximum atomic E-state index is 12.4. The molecule has 4 aliphatic rings. The van der Waals surface area contributed by atoms with Gasteiger partial charge in [-0.25, -0.2) is 13.1 Å². The quantitative estimate of drug-likeness (QED) is 0.837. The van der Waals surface area contributed by atoms with Gasteiger partial charge in [0.2, 0.25) is 10.0 Å². The average molecular weight is 364 g/mol. The molecule has 4 fully saturated rings. The highest BCUT2D eigenvalue weighted by atomic mass is 32.2. The lowest BCUT2D eigenvalue weighted by atomic mass is 9.75. The normalized spacial score (nSPS) is 33.0. The second-order valence-electron chi connectivity index (χ2n) is 7.87. The summed E-state index contributed by atoms with van der Waals surface area (Å²) in [4.78, 5) is 5.51. The zero-order valence-corrected chi connectivity index (χ0v) is 15.6. The molecule has 4 aliphatic heterocycles. The van der Waals surface area contributed by atoms with Crippen LogP contribution in [-0.4, -0.2) is 63.5 Å². The van der Waals surface area contributed by atoms with Gasteiger partial charge in [-0.05, 0) is 69.3 Å². The number of likely N-dealkylation sites (tertiary alicyclic amines) is 1. The van der Waals surface area contributed by atoms with Crippen LogP contribution in [0.1, 0.15) is 25.7 Å². The molecule has 1 N–H and O–H groups in total. The van der Waals surface area contributed by atoms with Crippen LogP contribution in [0.15, 0.2) is 35.2 Å². The maximum absolute atomic E-state index is 12.4. The molecule has 5 rings (SSSR count). The Bertz CT molecular complexity index is 673. The van der Waals surface area contributed by atoms with Crippen LogP contribution >= 0.6 is 0 Å². The van der Waals surface area contributed by atoms with Crippen LogP contribution in [0, 0.1) is 11.8 Å². The van der Waals surface area contributed by atoms with Gasteiger partial charge < -0.3 is 4.90 Å². The Morgan fingerprint density at radius 2 is 1.84 bits per heavy atom. The molecule has 4 atom stereocenters. The summed E-state index contributed by atoms with van der Waals surface area (Å²) in [6, 6.07) is 9.04. The molecule has 1 aromatic rings. The van der Waals surface area contributed by atoms with E-state index in [1.54, 1.807) is 24.3 Å². The Kier molecular flexibility index (Phi) is 5.13. The van der Waals surface area contributed by atoms with Gasteiger partial charge in [0.05, 0.1) is 4.90 Å². The smallest absolute Gasteiger partial charge is 0.240 e. The van der Waals surface area contributed by atoms with E-state index in [2.05, 4.69) is 14.5 Å². The summed E-state index contributed by atoms with van der Waals surface area (Å²) in [7, 11) is -3.39. The standard InChI is InChI=1S/C19H29N3O2S/c23-25(24,19-6-2-1-3-7-19)20-13-18-12-16-8-11-22(18)15-17(16)14-21-9-4-5-10-21/h1-3,6-7,16-18,20H,4-5,8-15H2. The van der Waals surface area contributed by atoms with Crippen molar-refractivity contribution in [1.29, 1.82) is 0 Å². The molecule has 1 aromatic carbocycles. The molecular formula is C19H29N3O2S. The molecule has 5 nitrogen and oxygen atoms in total. The van der Waals surface area contributed by atoms with E-state index in [-0.39, 0.29) is 0 Å². The zero-order valence-electron chi connectivity index (χ0n) is 14.8. The monoisotopic (exact) mass is 363 g/mol. The minimum Gasteiger partial charge on any atom is -0.303 e. The van der Waals surface area contributed by atoms with Gasteiger partial charge in [0.25, 0.3) is 0 Å². The number of nitrogens with one attached hydrogen (secondary N) is 1. The number of fused-ring (bicyclic) bond motifs is 3. The van der Waals surface area contributed by atoms with E-state index >= 15 is 0 Å². The molecule has 6 heteroatoms. The van der Waals surface area contributed by atoms with E-state index < -0.39 is 10.0 Å². The van der Waals surface area contributed by atoms with Crippen molar-refractivity contribution >= 4 is 10.0 Å². The zero-order chi connectivity index (χ0) is 17.3. The summed E-state index contributed by atoms with van der Waals surface area (Å²) in [5.74, 6) is 1.53. The Morgan fingerprint density at radius 3 is 2.52 bits per heavy atom. The van der Waals surface area contributed by atoms with E-state index in [9.17, 15) is 8.42 Å². The first-order valence-electron chi connectivity index (χ1n) is 9.63. The summed E-state index contributed by atoms with van der Waals surface area (Å²) < 4.78 is 27.7. The molecular weight excluding hydrogens is 334 g/mol. The number of nitrogens with zero attached hydrogens (tertiary/aromatic N) is 2. The number of hydrogen-bond acceptors (Lipinski definition) is 4. The number of benzene rings is 1. The van der Waals surface area contributed by atoms with Crippen molar-refractivity contribution in [2.24, 2.45) is 11.8 Å². The Labute approximate surface area is 151 Å². The predicted octanol–water partition coefficient (Wildman–Crippen LogP) is 1.77. The van der Waals surface area contributed by atoms with Crippen molar-refractivity contribution in [1.82, 2.24) is 14.5 Å². The molecule has 138 valence electrons. The molecule has 0 aliphatic carbocycles. The van der Waals surface area contributed by atoms with Gasteiger partial charge in [-0.1, -0.05) is 18.2 Å². The minimum absolute atomic E-state index is 0.354. The Balaban J connectivity index is 1.33. The SMILES string of the molecule is O=S(=O)(NCC1CC2CCN1CC2CN1CCCC1)c1ccccc1. The van der Waals surface area contributed by atoms with E-state index in [0.29, 0.717) is 17.5 Å². The van der Waals surface area contributed by atoms with Gasteiger partial charge in [0.15, 0.2) is 0 Å². The topological polar surface area (TPSA) is 52.7 Å². The predicted molar refractivity (Wildman–Crippen MR) is 98.9 cm³/mol. The number of hydrogen-bond donors (Lipinski definition) is 1. The first kappa shape index (κ1) is 17.5. The molecule has 0 amide bonds. The Hall–Kier alpha value is -0.950. The van der Waals surface area contributed by atoms with Crippen molar-refractivity contribution in [3.63, 3.8) is 0 Å². The van der Waals surface area contributed by atoms with Crippen LogP contribution in [0.3, 0.4) is 0 Å². The number of rotatable bonds is 6. The molecule has 4 unspecified atom stereocenters. The molecule has 0 aromatic heterocycles. The molecule has 2 bridgehead atoms. The highest BCUT2D eigenvalue weighted by Gasteiger charge is 2.40. The summed E-state index contributed by atoms with van der Waals surface area (Å²) in [6.07, 6.45) is 5.12. The van der Waals surface area contributed by atoms with E-state index in [1.807, 2.05) is 6.07 Å². The van der Waals surface area contributed by atoms with Crippen molar-refractivity contribution in [3.8, 4) is 0 Å². The summed E-state index contributed by atoms with van der Waals surface area (Å²) in [5, 5.41) is 0. The van der Waals surface area contributed by atoms with Gasteiger partial charge >= 0.3 is 0 Å². The first-order valence-corrected chi connectivity index (χ1v) is 11.1. The molecule has 0 spiro atoms. The van der Waals surface area contributed by atoms with Crippen molar-refractivity contribution in [2.75, 3.05) is 39.3 Å². The lowest BCUT2D eigenvalue weighted by Gasteiger charge is -2.50. The number of sulfonamides is 1. The molecule has 0 saturated carbocycles. The van der Waals surface area contributed by atoms with Crippen LogP contribution < -0.4 is 4.72 Å². The van der Waals surface area contributed by atoms with Gasteiger partial charge in [0.1, 0.15) is 0 Å². The third-order valence-corrected chi connectivity index (χ3v) is 7.71. The third kappa shape index (κ3) is 3.92. The summed E-state index contributed by atoms with van der Waals surface area (Å²) in [6.45, 7) is 6.57. The van der Waals surface area contributed by atoms with Crippen molar-refractivity contribution in [3.05, 3.63) is 30.3 Å². The first-order chi connectivity index (χ1) is 12.1. The highest BCUT2D eigenvalue weighted by molar-refractivity contribution is 7.89. The largest absolute Gasteiger partial charge is 0.303 e. The van der Waals surface area contributed by atoms with Gasteiger partial charge in [-0.15, -0.1) is 0 Å². The Morgan fingerprint density at radius 1 is 1.08 bits per heavy atom.